The Morgan fingerprint density at radius 3 is 2.83 bits per heavy atom. The van der Waals surface area contributed by atoms with E-state index in [4.69, 9.17) is 9.72 Å². The average Bonchev–Trinajstić information content (AvgIpc) is 3.34. The molecular weight excluding hydrogens is 384 g/mol. The molecule has 1 saturated carbocycles. The van der Waals surface area contributed by atoms with Gasteiger partial charge in [-0.15, -0.1) is 0 Å². The minimum atomic E-state index is 0.454. The summed E-state index contributed by atoms with van der Waals surface area (Å²) >= 11 is 1.67. The number of hydrogen-bond acceptors (Lipinski definition) is 7. The van der Waals surface area contributed by atoms with Gasteiger partial charge in [0.1, 0.15) is 5.75 Å². The van der Waals surface area contributed by atoms with Crippen LogP contribution in [0.5, 0.6) is 11.6 Å². The first-order valence-corrected chi connectivity index (χ1v) is 10.7. The number of thiazole rings is 1. The predicted octanol–water partition coefficient (Wildman–Crippen LogP) is 5.02. The van der Waals surface area contributed by atoms with Crippen LogP contribution in [0, 0.1) is 0 Å². The van der Waals surface area contributed by atoms with Crippen LogP contribution in [-0.2, 0) is 7.05 Å². The molecule has 0 amide bonds. The molecule has 0 unspecified atom stereocenters. The Kier molecular flexibility index (Phi) is 4.85. The van der Waals surface area contributed by atoms with Gasteiger partial charge in [-0.1, -0.05) is 30.6 Å². The van der Waals surface area contributed by atoms with E-state index in [1.54, 1.807) is 34.6 Å². The van der Waals surface area contributed by atoms with Crippen molar-refractivity contribution in [2.45, 2.75) is 38.1 Å². The number of ether oxygens (including phenoxy) is 1. The zero-order valence-electron chi connectivity index (χ0n) is 16.2. The highest BCUT2D eigenvalue weighted by Gasteiger charge is 2.15. The summed E-state index contributed by atoms with van der Waals surface area (Å²) in [6.45, 7) is 0. The van der Waals surface area contributed by atoms with Crippen molar-refractivity contribution in [1.82, 2.24) is 24.7 Å². The third-order valence-electron chi connectivity index (χ3n) is 5.13. The molecule has 3 heterocycles. The highest BCUT2D eigenvalue weighted by atomic mass is 32.1. The van der Waals surface area contributed by atoms with Crippen molar-refractivity contribution in [3.05, 3.63) is 43.0 Å². The molecule has 1 N–H and O–H groups in total. The fourth-order valence-electron chi connectivity index (χ4n) is 3.66. The summed E-state index contributed by atoms with van der Waals surface area (Å²) in [5.41, 5.74) is 2.62. The summed E-state index contributed by atoms with van der Waals surface area (Å²) in [6.07, 6.45) is 13.4. The Balaban J connectivity index is 1.34. The van der Waals surface area contributed by atoms with Crippen molar-refractivity contribution in [3.8, 4) is 22.9 Å². The Morgan fingerprint density at radius 2 is 2.00 bits per heavy atom. The second-order valence-corrected chi connectivity index (χ2v) is 8.41. The minimum absolute atomic E-state index is 0.454. The molecule has 1 fully saturated rings. The van der Waals surface area contributed by atoms with E-state index in [9.17, 15) is 0 Å². The fraction of sp³-hybridized carbons (Fsp3) is 0.333. The maximum Gasteiger partial charge on any atom is 0.238 e. The predicted molar refractivity (Wildman–Crippen MR) is 114 cm³/mol. The van der Waals surface area contributed by atoms with Gasteiger partial charge >= 0.3 is 0 Å². The molecule has 4 aromatic rings. The van der Waals surface area contributed by atoms with E-state index in [-0.39, 0.29) is 0 Å². The number of nitrogens with zero attached hydrogens (tertiary/aromatic N) is 5. The van der Waals surface area contributed by atoms with E-state index in [1.807, 2.05) is 31.4 Å². The SMILES string of the molecule is Cn1cc(-c2cncc(Oc3ccc4nc(NC5CCCCC5)sc4c3)n2)cn1. The van der Waals surface area contributed by atoms with Crippen LogP contribution in [0.25, 0.3) is 21.5 Å². The van der Waals surface area contributed by atoms with Gasteiger partial charge in [-0.3, -0.25) is 9.67 Å². The van der Waals surface area contributed by atoms with Crippen LogP contribution in [0.4, 0.5) is 5.13 Å². The molecule has 0 saturated heterocycles. The van der Waals surface area contributed by atoms with Gasteiger partial charge in [-0.05, 0) is 25.0 Å². The lowest BCUT2D eigenvalue weighted by Crippen LogP contribution is -2.21. The number of anilines is 1. The summed E-state index contributed by atoms with van der Waals surface area (Å²) in [5, 5.41) is 8.77. The summed E-state index contributed by atoms with van der Waals surface area (Å²) in [4.78, 5) is 13.5. The van der Waals surface area contributed by atoms with Crippen molar-refractivity contribution in [2.75, 3.05) is 5.32 Å². The molecule has 29 heavy (non-hydrogen) atoms. The first-order chi connectivity index (χ1) is 14.2. The van der Waals surface area contributed by atoms with Crippen molar-refractivity contribution in [3.63, 3.8) is 0 Å². The zero-order valence-corrected chi connectivity index (χ0v) is 17.0. The number of rotatable bonds is 5. The van der Waals surface area contributed by atoms with Gasteiger partial charge in [0.25, 0.3) is 0 Å². The second-order valence-electron chi connectivity index (χ2n) is 7.38. The third-order valence-corrected chi connectivity index (χ3v) is 6.08. The standard InChI is InChI=1S/C21H22N6OS/c1-27-13-14(10-23-27)18-11-22-12-20(25-18)28-16-7-8-17-19(9-16)29-21(26-17)24-15-5-3-2-4-6-15/h7-13,15H,2-6H2,1H3,(H,24,26). The lowest BCUT2D eigenvalue weighted by molar-refractivity contribution is 0.461. The molecule has 0 spiro atoms. The van der Waals surface area contributed by atoms with Crippen molar-refractivity contribution >= 4 is 26.7 Å². The smallest absolute Gasteiger partial charge is 0.238 e. The summed E-state index contributed by atoms with van der Waals surface area (Å²) in [7, 11) is 1.87. The van der Waals surface area contributed by atoms with E-state index < -0.39 is 0 Å². The molecule has 8 heteroatoms. The Morgan fingerprint density at radius 1 is 1.10 bits per heavy atom. The fourth-order valence-corrected chi connectivity index (χ4v) is 4.63. The quantitative estimate of drug-likeness (QED) is 0.501. The summed E-state index contributed by atoms with van der Waals surface area (Å²) in [5.74, 6) is 1.18. The van der Waals surface area contributed by atoms with Gasteiger partial charge in [0.05, 0.1) is 34.5 Å². The first kappa shape index (κ1) is 18.1. The molecule has 1 aliphatic rings. The van der Waals surface area contributed by atoms with Gasteiger partial charge in [0, 0.05) is 30.9 Å². The first-order valence-electron chi connectivity index (χ1n) is 9.89. The molecular formula is C21H22N6OS. The lowest BCUT2D eigenvalue weighted by Gasteiger charge is -2.22. The van der Waals surface area contributed by atoms with E-state index in [2.05, 4.69) is 20.4 Å². The summed E-state index contributed by atoms with van der Waals surface area (Å²) < 4.78 is 8.80. The Labute approximate surface area is 172 Å². The van der Waals surface area contributed by atoms with Gasteiger partial charge in [0.15, 0.2) is 5.13 Å². The lowest BCUT2D eigenvalue weighted by atomic mass is 9.96. The summed E-state index contributed by atoms with van der Waals surface area (Å²) in [6, 6.07) is 6.47. The van der Waals surface area contributed by atoms with Gasteiger partial charge < -0.3 is 10.1 Å². The third kappa shape index (κ3) is 4.07. The van der Waals surface area contributed by atoms with Gasteiger partial charge in [-0.25, -0.2) is 9.97 Å². The van der Waals surface area contributed by atoms with Crippen LogP contribution in [0.15, 0.2) is 43.0 Å². The molecule has 0 atom stereocenters. The van der Waals surface area contributed by atoms with Crippen molar-refractivity contribution in [1.29, 1.82) is 0 Å². The minimum Gasteiger partial charge on any atom is -0.437 e. The largest absolute Gasteiger partial charge is 0.437 e. The normalized spacial score (nSPS) is 14.9. The molecule has 0 radical (unpaired) electrons. The molecule has 7 nitrogen and oxygen atoms in total. The molecule has 1 aliphatic carbocycles. The van der Waals surface area contributed by atoms with Crippen molar-refractivity contribution < 1.29 is 4.74 Å². The number of aromatic nitrogens is 5. The highest BCUT2D eigenvalue weighted by molar-refractivity contribution is 7.22. The molecule has 1 aromatic carbocycles. The van der Waals surface area contributed by atoms with Crippen LogP contribution >= 0.6 is 11.3 Å². The molecule has 3 aromatic heterocycles. The second kappa shape index (κ2) is 7.79. The zero-order chi connectivity index (χ0) is 19.6. The van der Waals surface area contributed by atoms with Crippen LogP contribution in [0.3, 0.4) is 0 Å². The van der Waals surface area contributed by atoms with Crippen LogP contribution in [-0.4, -0.2) is 30.8 Å². The van der Waals surface area contributed by atoms with E-state index in [1.165, 1.54) is 32.1 Å². The van der Waals surface area contributed by atoms with Gasteiger partial charge in [-0.2, -0.15) is 5.10 Å². The number of nitrogens with one attached hydrogen (secondary N) is 1. The average molecular weight is 407 g/mol. The molecule has 0 aliphatic heterocycles. The number of hydrogen-bond donors (Lipinski definition) is 1. The van der Waals surface area contributed by atoms with E-state index in [0.29, 0.717) is 11.9 Å². The Hall–Kier alpha value is -3.00. The maximum atomic E-state index is 5.97. The van der Waals surface area contributed by atoms with Crippen molar-refractivity contribution in [2.24, 2.45) is 7.05 Å². The van der Waals surface area contributed by atoms with Crippen LogP contribution in [0.1, 0.15) is 32.1 Å². The van der Waals surface area contributed by atoms with E-state index in [0.717, 1.165) is 32.4 Å². The monoisotopic (exact) mass is 406 g/mol. The van der Waals surface area contributed by atoms with Crippen LogP contribution in [0.2, 0.25) is 0 Å². The Bertz CT molecular complexity index is 1130. The molecule has 0 bridgehead atoms. The van der Waals surface area contributed by atoms with Crippen LogP contribution < -0.4 is 10.1 Å². The number of benzene rings is 1. The maximum absolute atomic E-state index is 5.97. The number of fused-ring (bicyclic) bond motifs is 1. The van der Waals surface area contributed by atoms with Gasteiger partial charge in [0.2, 0.25) is 5.88 Å². The number of aryl methyl sites for hydroxylation is 1. The molecule has 148 valence electrons. The highest BCUT2D eigenvalue weighted by Crippen LogP contribution is 2.32. The topological polar surface area (TPSA) is 77.8 Å². The molecule has 5 rings (SSSR count). The van der Waals surface area contributed by atoms with E-state index >= 15 is 0 Å².